The highest BCUT2D eigenvalue weighted by atomic mass is 32.2. The van der Waals surface area contributed by atoms with E-state index >= 15 is 0 Å². The fourth-order valence-electron chi connectivity index (χ4n) is 2.61. The Labute approximate surface area is 124 Å². The normalized spacial score (nSPS) is 22.4. The first-order chi connectivity index (χ1) is 9.83. The number of carbonyl (C=O) groups is 1. The molecule has 1 fully saturated rings. The van der Waals surface area contributed by atoms with E-state index < -0.39 is 15.8 Å². The highest BCUT2D eigenvalue weighted by molar-refractivity contribution is 7.91. The van der Waals surface area contributed by atoms with Gasteiger partial charge in [-0.05, 0) is 43.9 Å². The van der Waals surface area contributed by atoms with Gasteiger partial charge in [0.25, 0.3) is 0 Å². The number of ether oxygens (including phenoxy) is 1. The highest BCUT2D eigenvalue weighted by Gasteiger charge is 2.29. The second-order valence-corrected chi connectivity index (χ2v) is 7.41. The molecule has 0 aromatic heterocycles. The molecule has 2 unspecified atom stereocenters. The molecule has 0 radical (unpaired) electrons. The zero-order valence-corrected chi connectivity index (χ0v) is 13.0. The van der Waals surface area contributed by atoms with Crippen LogP contribution >= 0.6 is 0 Å². The maximum atomic E-state index is 12.6. The van der Waals surface area contributed by atoms with Crippen molar-refractivity contribution in [3.63, 3.8) is 0 Å². The number of aryl methyl sites for hydroxylation is 1. The maximum absolute atomic E-state index is 12.6. The van der Waals surface area contributed by atoms with Crippen LogP contribution in [0.25, 0.3) is 0 Å². The minimum absolute atomic E-state index is 0.00789. The summed E-state index contributed by atoms with van der Waals surface area (Å²) in [4.78, 5) is 11.2. The standard InChI is InChI=1S/C15H20O5S/c1-3-11-5-6-12(15(16)17)8-14(11)21(18,19)9-13-7-4-10(2)20-13/h5-6,8,10,13H,3-4,7,9H2,1-2H3,(H,16,17). The van der Waals surface area contributed by atoms with Gasteiger partial charge in [0.15, 0.2) is 9.84 Å². The zero-order chi connectivity index (χ0) is 15.6. The average molecular weight is 312 g/mol. The molecule has 116 valence electrons. The number of aromatic carboxylic acids is 1. The molecule has 6 heteroatoms. The summed E-state index contributed by atoms with van der Waals surface area (Å²) in [7, 11) is -3.55. The summed E-state index contributed by atoms with van der Waals surface area (Å²) in [5.74, 6) is -1.22. The first-order valence-corrected chi connectivity index (χ1v) is 8.73. The maximum Gasteiger partial charge on any atom is 0.335 e. The largest absolute Gasteiger partial charge is 0.478 e. The Hall–Kier alpha value is -1.40. The molecule has 1 aliphatic rings. The third kappa shape index (κ3) is 3.63. The first kappa shape index (κ1) is 16.0. The second-order valence-electron chi connectivity index (χ2n) is 5.41. The Balaban J connectivity index is 2.33. The van der Waals surface area contributed by atoms with Gasteiger partial charge in [-0.25, -0.2) is 13.2 Å². The number of sulfone groups is 1. The molecule has 2 rings (SSSR count). The monoisotopic (exact) mass is 312 g/mol. The molecular formula is C15H20O5S. The van der Waals surface area contributed by atoms with Gasteiger partial charge in [0.1, 0.15) is 0 Å². The summed E-state index contributed by atoms with van der Waals surface area (Å²) in [6.45, 7) is 3.78. The Morgan fingerprint density at radius 1 is 1.38 bits per heavy atom. The lowest BCUT2D eigenvalue weighted by Gasteiger charge is -2.14. The van der Waals surface area contributed by atoms with Crippen LogP contribution in [-0.2, 0) is 21.0 Å². The molecule has 0 amide bonds. The quantitative estimate of drug-likeness (QED) is 0.902. The lowest BCUT2D eigenvalue weighted by Crippen LogP contribution is -2.22. The van der Waals surface area contributed by atoms with Gasteiger partial charge in [0.2, 0.25) is 0 Å². The third-order valence-corrected chi connectivity index (χ3v) is 5.62. The van der Waals surface area contributed by atoms with Gasteiger partial charge in [0.05, 0.1) is 28.4 Å². The fraction of sp³-hybridized carbons (Fsp3) is 0.533. The van der Waals surface area contributed by atoms with Gasteiger partial charge in [-0.1, -0.05) is 13.0 Å². The van der Waals surface area contributed by atoms with Crippen molar-refractivity contribution in [2.75, 3.05) is 5.75 Å². The van der Waals surface area contributed by atoms with Crippen molar-refractivity contribution in [1.29, 1.82) is 0 Å². The van der Waals surface area contributed by atoms with E-state index in [9.17, 15) is 13.2 Å². The topological polar surface area (TPSA) is 80.7 Å². The summed E-state index contributed by atoms with van der Waals surface area (Å²) < 4.78 is 30.7. The van der Waals surface area contributed by atoms with Crippen molar-refractivity contribution in [2.45, 2.75) is 50.2 Å². The number of carboxylic acid groups (broad SMARTS) is 1. The average Bonchev–Trinajstić information content (AvgIpc) is 2.82. The number of benzene rings is 1. The molecule has 0 saturated carbocycles. The first-order valence-electron chi connectivity index (χ1n) is 7.08. The minimum Gasteiger partial charge on any atom is -0.478 e. The number of rotatable bonds is 5. The smallest absolute Gasteiger partial charge is 0.335 e. The molecule has 1 N–H and O–H groups in total. The van der Waals surface area contributed by atoms with E-state index in [1.165, 1.54) is 12.1 Å². The summed E-state index contributed by atoms with van der Waals surface area (Å²) >= 11 is 0. The zero-order valence-electron chi connectivity index (χ0n) is 12.2. The third-order valence-electron chi connectivity index (χ3n) is 3.76. The Morgan fingerprint density at radius 3 is 2.62 bits per heavy atom. The van der Waals surface area contributed by atoms with E-state index in [2.05, 4.69) is 0 Å². The molecule has 0 bridgehead atoms. The van der Waals surface area contributed by atoms with Crippen molar-refractivity contribution in [2.24, 2.45) is 0 Å². The van der Waals surface area contributed by atoms with Crippen molar-refractivity contribution < 1.29 is 23.1 Å². The summed E-state index contributed by atoms with van der Waals surface area (Å²) in [5.41, 5.74) is 0.637. The van der Waals surface area contributed by atoms with Crippen molar-refractivity contribution in [1.82, 2.24) is 0 Å². The fourth-order valence-corrected chi connectivity index (χ4v) is 4.44. The Morgan fingerprint density at radius 2 is 2.10 bits per heavy atom. The Bertz CT molecular complexity index is 635. The molecule has 1 aliphatic heterocycles. The molecule has 1 heterocycles. The minimum atomic E-state index is -3.55. The summed E-state index contributed by atoms with van der Waals surface area (Å²) in [6.07, 6.45) is 1.90. The number of hydrogen-bond acceptors (Lipinski definition) is 4. The number of carboxylic acids is 1. The van der Waals surface area contributed by atoms with Gasteiger partial charge >= 0.3 is 5.97 Å². The van der Waals surface area contributed by atoms with Crippen molar-refractivity contribution in [3.05, 3.63) is 29.3 Å². The summed E-state index contributed by atoms with van der Waals surface area (Å²) in [5, 5.41) is 9.04. The van der Waals surface area contributed by atoms with E-state index in [1.54, 1.807) is 6.07 Å². The van der Waals surface area contributed by atoms with Gasteiger partial charge < -0.3 is 9.84 Å². The van der Waals surface area contributed by atoms with Gasteiger partial charge in [-0.2, -0.15) is 0 Å². The SMILES string of the molecule is CCc1ccc(C(=O)O)cc1S(=O)(=O)CC1CCC(C)O1. The lowest BCUT2D eigenvalue weighted by molar-refractivity contribution is 0.0688. The molecule has 5 nitrogen and oxygen atoms in total. The summed E-state index contributed by atoms with van der Waals surface area (Å²) in [6, 6.07) is 4.28. The van der Waals surface area contributed by atoms with Crippen LogP contribution < -0.4 is 0 Å². The predicted octanol–water partition coefficient (Wildman–Crippen LogP) is 2.29. The predicted molar refractivity (Wildman–Crippen MR) is 78.4 cm³/mol. The van der Waals surface area contributed by atoms with Crippen LogP contribution in [0.4, 0.5) is 0 Å². The molecule has 1 saturated heterocycles. The molecule has 21 heavy (non-hydrogen) atoms. The second kappa shape index (κ2) is 6.15. The van der Waals surface area contributed by atoms with Crippen LogP contribution in [0.3, 0.4) is 0 Å². The van der Waals surface area contributed by atoms with E-state index in [4.69, 9.17) is 9.84 Å². The Kier molecular flexibility index (Phi) is 4.68. The van der Waals surface area contributed by atoms with Crippen LogP contribution in [0.15, 0.2) is 23.1 Å². The molecule has 1 aromatic carbocycles. The molecule has 0 spiro atoms. The van der Waals surface area contributed by atoms with Gasteiger partial charge in [-0.3, -0.25) is 0 Å². The molecular weight excluding hydrogens is 292 g/mol. The van der Waals surface area contributed by atoms with Crippen molar-refractivity contribution in [3.8, 4) is 0 Å². The van der Waals surface area contributed by atoms with Crippen LogP contribution in [0.5, 0.6) is 0 Å². The van der Waals surface area contributed by atoms with Gasteiger partial charge in [0, 0.05) is 0 Å². The van der Waals surface area contributed by atoms with E-state index in [0.29, 0.717) is 12.0 Å². The van der Waals surface area contributed by atoms with Crippen LogP contribution in [0.2, 0.25) is 0 Å². The van der Waals surface area contributed by atoms with E-state index in [-0.39, 0.29) is 28.4 Å². The van der Waals surface area contributed by atoms with E-state index in [1.807, 2.05) is 13.8 Å². The number of hydrogen-bond donors (Lipinski definition) is 1. The molecule has 2 atom stereocenters. The van der Waals surface area contributed by atoms with Crippen LogP contribution in [0.1, 0.15) is 42.6 Å². The highest BCUT2D eigenvalue weighted by Crippen LogP contribution is 2.25. The molecule has 1 aromatic rings. The van der Waals surface area contributed by atoms with E-state index in [0.717, 1.165) is 12.8 Å². The molecule has 0 aliphatic carbocycles. The van der Waals surface area contributed by atoms with Crippen LogP contribution in [0, 0.1) is 0 Å². The van der Waals surface area contributed by atoms with Crippen molar-refractivity contribution >= 4 is 15.8 Å². The van der Waals surface area contributed by atoms with Gasteiger partial charge in [-0.15, -0.1) is 0 Å². The van der Waals surface area contributed by atoms with Crippen LogP contribution in [-0.4, -0.2) is 37.5 Å². The lowest BCUT2D eigenvalue weighted by atomic mass is 10.1.